The molecule has 1 N–H and O–H groups in total. The second-order valence-corrected chi connectivity index (χ2v) is 4.93. The van der Waals surface area contributed by atoms with E-state index >= 15 is 0 Å². The molecule has 3 heteroatoms. The van der Waals surface area contributed by atoms with Crippen LogP contribution in [0.3, 0.4) is 0 Å². The van der Waals surface area contributed by atoms with Crippen molar-refractivity contribution in [2.45, 2.75) is 38.3 Å². The number of ether oxygens (including phenoxy) is 2. The first kappa shape index (κ1) is 13.4. The Hall–Kier alpha value is -1.06. The molecule has 0 spiro atoms. The monoisotopic (exact) mass is 249 g/mol. The van der Waals surface area contributed by atoms with Crippen LogP contribution in [0, 0.1) is 0 Å². The normalized spacial score (nSPS) is 23.9. The molecule has 1 fully saturated rings. The van der Waals surface area contributed by atoms with E-state index in [1.54, 1.807) is 7.11 Å². The zero-order chi connectivity index (χ0) is 12.8. The highest BCUT2D eigenvalue weighted by molar-refractivity contribution is 5.36. The van der Waals surface area contributed by atoms with E-state index < -0.39 is 0 Å². The van der Waals surface area contributed by atoms with Gasteiger partial charge in [0.15, 0.2) is 0 Å². The van der Waals surface area contributed by atoms with Crippen molar-refractivity contribution in [1.29, 1.82) is 0 Å². The Balaban J connectivity index is 2.06. The van der Waals surface area contributed by atoms with Crippen LogP contribution in [0.4, 0.5) is 0 Å². The minimum Gasteiger partial charge on any atom is -0.491 e. The van der Waals surface area contributed by atoms with Gasteiger partial charge >= 0.3 is 0 Å². The van der Waals surface area contributed by atoms with Gasteiger partial charge in [-0.1, -0.05) is 24.6 Å². The predicted octanol–water partition coefficient (Wildman–Crippen LogP) is 2.91. The molecule has 2 rings (SSSR count). The number of nitrogens with one attached hydrogen (secondary N) is 1. The van der Waals surface area contributed by atoms with Crippen molar-refractivity contribution in [3.63, 3.8) is 0 Å². The Morgan fingerprint density at radius 2 is 2.06 bits per heavy atom. The summed E-state index contributed by atoms with van der Waals surface area (Å²) < 4.78 is 10.8. The third-order valence-corrected chi connectivity index (χ3v) is 3.46. The van der Waals surface area contributed by atoms with Gasteiger partial charge in [-0.25, -0.2) is 0 Å². The van der Waals surface area contributed by atoms with Gasteiger partial charge in [-0.15, -0.1) is 0 Å². The fraction of sp³-hybridized carbons (Fsp3) is 0.600. The molecule has 100 valence electrons. The lowest BCUT2D eigenvalue weighted by molar-refractivity contribution is 0.145. The average molecular weight is 249 g/mol. The smallest absolute Gasteiger partial charge is 0.124 e. The highest BCUT2D eigenvalue weighted by Gasteiger charge is 2.21. The molecule has 0 amide bonds. The van der Waals surface area contributed by atoms with E-state index in [0.29, 0.717) is 25.3 Å². The van der Waals surface area contributed by atoms with Crippen molar-refractivity contribution in [2.24, 2.45) is 0 Å². The zero-order valence-electron chi connectivity index (χ0n) is 11.3. The van der Waals surface area contributed by atoms with Crippen LogP contribution in [0.2, 0.25) is 0 Å². The van der Waals surface area contributed by atoms with E-state index in [2.05, 4.69) is 24.4 Å². The summed E-state index contributed by atoms with van der Waals surface area (Å²) in [6.45, 7) is 3.49. The molecule has 1 aromatic rings. The van der Waals surface area contributed by atoms with Gasteiger partial charge in [0.25, 0.3) is 0 Å². The molecule has 0 aliphatic carbocycles. The molecule has 0 radical (unpaired) electrons. The minimum absolute atomic E-state index is 0.424. The third-order valence-electron chi connectivity index (χ3n) is 3.46. The summed E-state index contributed by atoms with van der Waals surface area (Å²) in [6, 6.07) is 9.34. The molecule has 2 atom stereocenters. The van der Waals surface area contributed by atoms with Crippen molar-refractivity contribution in [3.05, 3.63) is 29.8 Å². The largest absolute Gasteiger partial charge is 0.491 e. The van der Waals surface area contributed by atoms with Gasteiger partial charge in [0, 0.05) is 24.8 Å². The minimum atomic E-state index is 0.424. The second kappa shape index (κ2) is 6.76. The molecule has 0 saturated carbocycles. The van der Waals surface area contributed by atoms with Gasteiger partial charge in [0.2, 0.25) is 0 Å². The predicted molar refractivity (Wildman–Crippen MR) is 73.0 cm³/mol. The number of methoxy groups -OCH3 is 1. The van der Waals surface area contributed by atoms with Crippen LogP contribution in [-0.2, 0) is 4.74 Å². The first-order chi connectivity index (χ1) is 8.81. The van der Waals surface area contributed by atoms with Crippen LogP contribution in [0.5, 0.6) is 5.75 Å². The highest BCUT2D eigenvalue weighted by atomic mass is 16.5. The second-order valence-electron chi connectivity index (χ2n) is 4.93. The maximum absolute atomic E-state index is 5.80. The average Bonchev–Trinajstić information content (AvgIpc) is 2.40. The topological polar surface area (TPSA) is 30.5 Å². The van der Waals surface area contributed by atoms with Gasteiger partial charge < -0.3 is 14.8 Å². The SMILES string of the molecule is COCCOc1ccccc1C1CCCC(C)N1. The molecule has 1 heterocycles. The summed E-state index contributed by atoms with van der Waals surface area (Å²) in [5.74, 6) is 0.987. The van der Waals surface area contributed by atoms with Gasteiger partial charge in [0.1, 0.15) is 12.4 Å². The van der Waals surface area contributed by atoms with Crippen LogP contribution >= 0.6 is 0 Å². The Bertz CT molecular complexity index is 367. The van der Waals surface area contributed by atoms with Crippen molar-refractivity contribution in [1.82, 2.24) is 5.32 Å². The van der Waals surface area contributed by atoms with E-state index in [9.17, 15) is 0 Å². The molecule has 0 aromatic heterocycles. The van der Waals surface area contributed by atoms with Crippen molar-refractivity contribution >= 4 is 0 Å². The summed E-state index contributed by atoms with van der Waals surface area (Å²) in [5.41, 5.74) is 1.28. The Kier molecular flexibility index (Phi) is 5.02. The molecule has 1 aromatic carbocycles. The Labute approximate surface area is 109 Å². The highest BCUT2D eigenvalue weighted by Crippen LogP contribution is 2.31. The molecular weight excluding hydrogens is 226 g/mol. The summed E-state index contributed by atoms with van der Waals surface area (Å²) >= 11 is 0. The van der Waals surface area contributed by atoms with Crippen LogP contribution in [0.1, 0.15) is 37.8 Å². The number of benzene rings is 1. The number of para-hydroxylation sites is 1. The lowest BCUT2D eigenvalue weighted by Crippen LogP contribution is -2.34. The Morgan fingerprint density at radius 1 is 1.22 bits per heavy atom. The van der Waals surface area contributed by atoms with E-state index in [1.807, 2.05) is 12.1 Å². The lowest BCUT2D eigenvalue weighted by Gasteiger charge is -2.30. The number of hydrogen-bond acceptors (Lipinski definition) is 3. The summed E-state index contributed by atoms with van der Waals surface area (Å²) in [7, 11) is 1.69. The molecule has 18 heavy (non-hydrogen) atoms. The maximum atomic E-state index is 5.80. The lowest BCUT2D eigenvalue weighted by atomic mass is 9.93. The quantitative estimate of drug-likeness (QED) is 0.814. The van der Waals surface area contributed by atoms with Crippen LogP contribution in [0.15, 0.2) is 24.3 Å². The van der Waals surface area contributed by atoms with Crippen LogP contribution < -0.4 is 10.1 Å². The van der Waals surface area contributed by atoms with Crippen molar-refractivity contribution < 1.29 is 9.47 Å². The van der Waals surface area contributed by atoms with Crippen molar-refractivity contribution in [2.75, 3.05) is 20.3 Å². The fourth-order valence-electron chi connectivity index (χ4n) is 2.52. The van der Waals surface area contributed by atoms with Gasteiger partial charge in [-0.05, 0) is 25.8 Å². The van der Waals surface area contributed by atoms with E-state index in [0.717, 1.165) is 5.75 Å². The van der Waals surface area contributed by atoms with E-state index in [-0.39, 0.29) is 0 Å². The molecule has 1 aliphatic heterocycles. The molecule has 3 nitrogen and oxygen atoms in total. The molecular formula is C15H23NO2. The van der Waals surface area contributed by atoms with Crippen molar-refractivity contribution in [3.8, 4) is 5.75 Å². The van der Waals surface area contributed by atoms with Gasteiger partial charge in [0.05, 0.1) is 6.61 Å². The Morgan fingerprint density at radius 3 is 2.83 bits per heavy atom. The van der Waals surface area contributed by atoms with Gasteiger partial charge in [-0.2, -0.15) is 0 Å². The third kappa shape index (κ3) is 3.47. The van der Waals surface area contributed by atoms with E-state index in [1.165, 1.54) is 24.8 Å². The van der Waals surface area contributed by atoms with Crippen LogP contribution in [-0.4, -0.2) is 26.4 Å². The maximum Gasteiger partial charge on any atom is 0.124 e. The summed E-state index contributed by atoms with van der Waals surface area (Å²) in [4.78, 5) is 0. The number of rotatable bonds is 5. The zero-order valence-corrected chi connectivity index (χ0v) is 11.3. The number of piperidine rings is 1. The van der Waals surface area contributed by atoms with Gasteiger partial charge in [-0.3, -0.25) is 0 Å². The molecule has 0 bridgehead atoms. The number of hydrogen-bond donors (Lipinski definition) is 1. The summed E-state index contributed by atoms with van der Waals surface area (Å²) in [5, 5.41) is 3.65. The van der Waals surface area contributed by atoms with Crippen LogP contribution in [0.25, 0.3) is 0 Å². The summed E-state index contributed by atoms with van der Waals surface area (Å²) in [6.07, 6.45) is 3.74. The first-order valence-electron chi connectivity index (χ1n) is 6.78. The standard InChI is InChI=1S/C15H23NO2/c1-12-6-5-8-14(16-12)13-7-3-4-9-15(13)18-11-10-17-2/h3-4,7,9,12,14,16H,5-6,8,10-11H2,1-2H3. The first-order valence-corrected chi connectivity index (χ1v) is 6.78. The molecule has 2 unspecified atom stereocenters. The molecule has 1 saturated heterocycles. The van der Waals surface area contributed by atoms with E-state index in [4.69, 9.17) is 9.47 Å². The molecule has 1 aliphatic rings. The fourth-order valence-corrected chi connectivity index (χ4v) is 2.52.